The van der Waals surface area contributed by atoms with Crippen molar-refractivity contribution in [1.82, 2.24) is 5.32 Å². The monoisotopic (exact) mass is 453 g/mol. The zero-order chi connectivity index (χ0) is 23.7. The van der Waals surface area contributed by atoms with Crippen LogP contribution in [0, 0.1) is 11.3 Å². The average Bonchev–Trinajstić information content (AvgIpc) is 3.25. The Morgan fingerprint density at radius 2 is 1.94 bits per heavy atom. The Morgan fingerprint density at radius 1 is 1.15 bits per heavy atom. The van der Waals surface area contributed by atoms with Gasteiger partial charge >= 0.3 is 5.97 Å². The van der Waals surface area contributed by atoms with Gasteiger partial charge in [0.25, 0.3) is 5.91 Å². The molecular weight excluding hydrogens is 434 g/mol. The fraction of sp³-hybridized carbons (Fsp3) is 0.154. The number of carboxylic acid groups (broad SMARTS) is 1. The Bertz CT molecular complexity index is 1370. The lowest BCUT2D eigenvalue weighted by atomic mass is 9.91. The minimum absolute atomic E-state index is 0.205. The maximum atomic E-state index is 12.6. The second kappa shape index (κ2) is 8.71. The number of amides is 1. The minimum atomic E-state index is -0.955. The first kappa shape index (κ1) is 21.2. The molecule has 8 heteroatoms. The van der Waals surface area contributed by atoms with Crippen LogP contribution in [0.3, 0.4) is 0 Å². The van der Waals surface area contributed by atoms with Gasteiger partial charge in [0, 0.05) is 23.6 Å². The predicted octanol–water partition coefficient (Wildman–Crippen LogP) is 4.32. The number of carboxylic acids is 1. The summed E-state index contributed by atoms with van der Waals surface area (Å²) in [7, 11) is 0. The summed E-state index contributed by atoms with van der Waals surface area (Å²) in [6, 6.07) is 19.3. The van der Waals surface area contributed by atoms with Gasteiger partial charge in [-0.3, -0.25) is 9.59 Å². The molecule has 0 saturated carbocycles. The average molecular weight is 453 g/mol. The van der Waals surface area contributed by atoms with E-state index in [1.807, 2.05) is 24.3 Å². The van der Waals surface area contributed by atoms with Gasteiger partial charge in [0.1, 0.15) is 29.2 Å². The molecule has 34 heavy (non-hydrogen) atoms. The lowest BCUT2D eigenvalue weighted by molar-refractivity contribution is -0.139. The SMILES string of the molecule is N#Cc1cc2c(cc1Oc1ccc(C(=O)NC3=Nc4ccccc4C3)cc1)OCCC2C(=O)O. The van der Waals surface area contributed by atoms with Gasteiger partial charge < -0.3 is 19.9 Å². The molecule has 2 aliphatic heterocycles. The van der Waals surface area contributed by atoms with Gasteiger partial charge in [-0.05, 0) is 48.4 Å². The van der Waals surface area contributed by atoms with Crippen LogP contribution in [0.5, 0.6) is 17.2 Å². The summed E-state index contributed by atoms with van der Waals surface area (Å²) in [4.78, 5) is 28.6. The van der Waals surface area contributed by atoms with Gasteiger partial charge in [-0.1, -0.05) is 18.2 Å². The van der Waals surface area contributed by atoms with Crippen molar-refractivity contribution in [3.05, 3.63) is 82.9 Å². The molecule has 0 bridgehead atoms. The number of benzene rings is 3. The molecule has 0 aromatic heterocycles. The Balaban J connectivity index is 1.31. The number of aliphatic imine (C=N–C) groups is 1. The quantitative estimate of drug-likeness (QED) is 0.607. The highest BCUT2D eigenvalue weighted by atomic mass is 16.5. The van der Waals surface area contributed by atoms with E-state index >= 15 is 0 Å². The zero-order valence-electron chi connectivity index (χ0n) is 17.9. The van der Waals surface area contributed by atoms with Gasteiger partial charge in [0.05, 0.1) is 23.8 Å². The summed E-state index contributed by atoms with van der Waals surface area (Å²) in [6.07, 6.45) is 0.915. The molecule has 0 fully saturated rings. The van der Waals surface area contributed by atoms with Crippen LogP contribution >= 0.6 is 0 Å². The molecule has 0 spiro atoms. The maximum Gasteiger partial charge on any atom is 0.311 e. The highest BCUT2D eigenvalue weighted by Gasteiger charge is 2.29. The molecule has 1 atom stereocenters. The number of aliphatic carboxylic acids is 1. The van der Waals surface area contributed by atoms with E-state index in [1.165, 1.54) is 6.07 Å². The second-order valence-electron chi connectivity index (χ2n) is 7.97. The summed E-state index contributed by atoms with van der Waals surface area (Å²) in [5.74, 6) is -0.297. The number of ether oxygens (including phenoxy) is 2. The summed E-state index contributed by atoms with van der Waals surface area (Å²) < 4.78 is 11.5. The number of hydrogen-bond donors (Lipinski definition) is 2. The third-order valence-electron chi connectivity index (χ3n) is 5.78. The van der Waals surface area contributed by atoms with Crippen LogP contribution in [0.2, 0.25) is 0 Å². The highest BCUT2D eigenvalue weighted by molar-refractivity contribution is 6.09. The van der Waals surface area contributed by atoms with E-state index in [-0.39, 0.29) is 23.8 Å². The number of nitrogens with one attached hydrogen (secondary N) is 1. The molecule has 2 aliphatic rings. The van der Waals surface area contributed by atoms with Crippen LogP contribution in [0.15, 0.2) is 65.7 Å². The Hall–Kier alpha value is -4.64. The molecular formula is C26H19N3O5. The molecule has 3 aromatic carbocycles. The highest BCUT2D eigenvalue weighted by Crippen LogP contribution is 2.39. The molecule has 0 radical (unpaired) electrons. The first-order chi connectivity index (χ1) is 16.5. The number of carbonyl (C=O) groups excluding carboxylic acids is 1. The Morgan fingerprint density at radius 3 is 2.68 bits per heavy atom. The molecule has 2 N–H and O–H groups in total. The summed E-state index contributed by atoms with van der Waals surface area (Å²) in [6.45, 7) is 0.273. The Kier molecular flexibility index (Phi) is 5.44. The van der Waals surface area contributed by atoms with E-state index in [1.54, 1.807) is 30.3 Å². The van der Waals surface area contributed by atoms with Crippen LogP contribution in [-0.4, -0.2) is 29.4 Å². The molecule has 2 heterocycles. The lowest BCUT2D eigenvalue weighted by Gasteiger charge is -2.24. The number of para-hydroxylation sites is 1. The number of carbonyl (C=O) groups is 2. The molecule has 1 unspecified atom stereocenters. The summed E-state index contributed by atoms with van der Waals surface area (Å²) in [5, 5.41) is 21.8. The zero-order valence-corrected chi connectivity index (χ0v) is 17.9. The van der Waals surface area contributed by atoms with E-state index in [0.717, 1.165) is 11.3 Å². The van der Waals surface area contributed by atoms with Crippen molar-refractivity contribution in [3.8, 4) is 23.3 Å². The van der Waals surface area contributed by atoms with E-state index in [0.29, 0.717) is 41.3 Å². The van der Waals surface area contributed by atoms with Crippen LogP contribution in [0.25, 0.3) is 0 Å². The topological polar surface area (TPSA) is 121 Å². The van der Waals surface area contributed by atoms with E-state index in [4.69, 9.17) is 9.47 Å². The standard InChI is InChI=1S/C26H19N3O5/c27-14-17-11-20-19(26(31)32)9-10-33-23(20)13-22(17)34-18-7-5-15(6-8-18)25(30)29-24-12-16-3-1-2-4-21(16)28-24/h1-8,11,13,19H,9-10,12H2,(H,31,32)(H,28,29,30). The number of fused-ring (bicyclic) bond motifs is 2. The minimum Gasteiger partial charge on any atom is -0.493 e. The Labute approximate surface area is 195 Å². The van der Waals surface area contributed by atoms with Crippen LogP contribution in [-0.2, 0) is 11.2 Å². The normalized spacial score (nSPS) is 15.7. The van der Waals surface area contributed by atoms with Gasteiger partial charge in [-0.25, -0.2) is 4.99 Å². The van der Waals surface area contributed by atoms with Crippen molar-refractivity contribution in [3.63, 3.8) is 0 Å². The fourth-order valence-electron chi connectivity index (χ4n) is 4.06. The lowest BCUT2D eigenvalue weighted by Crippen LogP contribution is -2.30. The molecule has 5 rings (SSSR count). The van der Waals surface area contributed by atoms with Gasteiger partial charge in [0.2, 0.25) is 0 Å². The number of nitriles is 1. The molecule has 168 valence electrons. The van der Waals surface area contributed by atoms with E-state index in [2.05, 4.69) is 16.4 Å². The first-order valence-corrected chi connectivity index (χ1v) is 10.7. The van der Waals surface area contributed by atoms with E-state index in [9.17, 15) is 20.0 Å². The van der Waals surface area contributed by atoms with E-state index < -0.39 is 11.9 Å². The van der Waals surface area contributed by atoms with Crippen molar-refractivity contribution >= 4 is 23.4 Å². The number of rotatable bonds is 4. The third-order valence-corrected chi connectivity index (χ3v) is 5.78. The van der Waals surface area contributed by atoms with Crippen LogP contribution in [0.1, 0.15) is 39.4 Å². The number of amidine groups is 1. The molecule has 1 amide bonds. The number of nitrogens with zero attached hydrogens (tertiary/aromatic N) is 2. The molecule has 3 aromatic rings. The fourth-order valence-corrected chi connectivity index (χ4v) is 4.06. The molecule has 0 aliphatic carbocycles. The van der Waals surface area contributed by atoms with Crippen LogP contribution in [0.4, 0.5) is 5.69 Å². The second-order valence-corrected chi connectivity index (χ2v) is 7.97. The van der Waals surface area contributed by atoms with Gasteiger partial charge in [-0.2, -0.15) is 5.26 Å². The number of hydrogen-bond acceptors (Lipinski definition) is 6. The van der Waals surface area contributed by atoms with Gasteiger partial charge in [-0.15, -0.1) is 0 Å². The van der Waals surface area contributed by atoms with Crippen molar-refractivity contribution in [2.75, 3.05) is 6.61 Å². The maximum absolute atomic E-state index is 12.6. The predicted molar refractivity (Wildman–Crippen MR) is 123 cm³/mol. The smallest absolute Gasteiger partial charge is 0.311 e. The molecule has 0 saturated heterocycles. The van der Waals surface area contributed by atoms with Crippen molar-refractivity contribution in [2.45, 2.75) is 18.8 Å². The van der Waals surface area contributed by atoms with Crippen molar-refractivity contribution < 1.29 is 24.2 Å². The molecule has 8 nitrogen and oxygen atoms in total. The first-order valence-electron chi connectivity index (χ1n) is 10.7. The van der Waals surface area contributed by atoms with Crippen molar-refractivity contribution in [1.29, 1.82) is 5.26 Å². The largest absolute Gasteiger partial charge is 0.493 e. The summed E-state index contributed by atoms with van der Waals surface area (Å²) in [5.41, 5.74) is 3.03. The van der Waals surface area contributed by atoms with Crippen LogP contribution < -0.4 is 14.8 Å². The van der Waals surface area contributed by atoms with Gasteiger partial charge in [0.15, 0.2) is 0 Å². The van der Waals surface area contributed by atoms with Crippen molar-refractivity contribution in [2.24, 2.45) is 4.99 Å². The third kappa shape index (κ3) is 4.07. The summed E-state index contributed by atoms with van der Waals surface area (Å²) >= 11 is 0.